The molecule has 0 spiro atoms. The fourth-order valence-corrected chi connectivity index (χ4v) is 4.06. The fourth-order valence-electron chi connectivity index (χ4n) is 3.80. The molecule has 1 aliphatic rings. The Morgan fingerprint density at radius 1 is 1.06 bits per heavy atom. The zero-order chi connectivity index (χ0) is 23.8. The molecule has 1 aliphatic heterocycles. The van der Waals surface area contributed by atoms with Gasteiger partial charge < -0.3 is 19.1 Å². The molecule has 7 heteroatoms. The Morgan fingerprint density at radius 2 is 1.82 bits per heavy atom. The second kappa shape index (κ2) is 12.0. The molecule has 0 aromatic heterocycles. The summed E-state index contributed by atoms with van der Waals surface area (Å²) in [5, 5.41) is 0.457. The van der Waals surface area contributed by atoms with Crippen molar-refractivity contribution in [2.75, 3.05) is 40.4 Å². The normalized spacial score (nSPS) is 15.0. The van der Waals surface area contributed by atoms with Crippen molar-refractivity contribution in [3.05, 3.63) is 58.6 Å². The van der Waals surface area contributed by atoms with Gasteiger partial charge >= 0.3 is 0 Å². The molecule has 2 aromatic rings. The zero-order valence-electron chi connectivity index (χ0n) is 19.8. The Hall–Kier alpha value is -2.70. The molecule has 1 fully saturated rings. The summed E-state index contributed by atoms with van der Waals surface area (Å²) in [6.45, 7) is 7.97. The van der Waals surface area contributed by atoms with Gasteiger partial charge in [0.15, 0.2) is 11.5 Å². The Morgan fingerprint density at radius 3 is 2.48 bits per heavy atom. The number of nitrogens with zero attached hydrogens (tertiary/aromatic N) is 2. The van der Waals surface area contributed by atoms with Crippen LogP contribution in [-0.2, 0) is 11.3 Å². The average Bonchev–Trinajstić information content (AvgIpc) is 3.04. The highest BCUT2D eigenvalue weighted by Gasteiger charge is 2.18. The van der Waals surface area contributed by atoms with E-state index in [1.807, 2.05) is 36.9 Å². The molecule has 33 heavy (non-hydrogen) atoms. The third kappa shape index (κ3) is 7.14. The summed E-state index contributed by atoms with van der Waals surface area (Å²) in [6, 6.07) is 11.8. The van der Waals surface area contributed by atoms with E-state index >= 15 is 0 Å². The quantitative estimate of drug-likeness (QED) is 0.512. The first-order valence-electron chi connectivity index (χ1n) is 11.3. The van der Waals surface area contributed by atoms with Crippen LogP contribution >= 0.6 is 11.6 Å². The molecule has 3 rings (SSSR count). The molecule has 0 unspecified atom stereocenters. The van der Waals surface area contributed by atoms with Gasteiger partial charge in [0.2, 0.25) is 5.91 Å². The third-order valence-corrected chi connectivity index (χ3v) is 5.77. The second-order valence-corrected chi connectivity index (χ2v) is 8.74. The molecule has 1 heterocycles. The van der Waals surface area contributed by atoms with Gasteiger partial charge in [0, 0.05) is 38.8 Å². The van der Waals surface area contributed by atoms with Crippen LogP contribution in [0, 0.1) is 0 Å². The van der Waals surface area contributed by atoms with Crippen LogP contribution in [0.2, 0.25) is 5.02 Å². The topological polar surface area (TPSA) is 51.2 Å². The predicted octanol–water partition coefficient (Wildman–Crippen LogP) is 4.89. The molecule has 0 N–H and O–H groups in total. The van der Waals surface area contributed by atoms with E-state index in [9.17, 15) is 4.79 Å². The molecule has 0 radical (unpaired) electrons. The molecule has 178 valence electrons. The minimum absolute atomic E-state index is 0.00102. The Balaban J connectivity index is 1.59. The number of carbonyl (C=O) groups excluding carboxylic acids is 1. The van der Waals surface area contributed by atoms with Crippen LogP contribution in [0.25, 0.3) is 6.08 Å². The lowest BCUT2D eigenvalue weighted by molar-refractivity contribution is -0.125. The van der Waals surface area contributed by atoms with E-state index in [1.165, 1.54) is 5.56 Å². The lowest BCUT2D eigenvalue weighted by atomic mass is 10.1. The van der Waals surface area contributed by atoms with E-state index < -0.39 is 0 Å². The summed E-state index contributed by atoms with van der Waals surface area (Å²) in [7, 11) is 3.25. The maximum atomic E-state index is 12.8. The number of rotatable bonds is 8. The van der Waals surface area contributed by atoms with E-state index in [1.54, 1.807) is 32.4 Å². The Kier molecular flexibility index (Phi) is 9.03. The SMILES string of the molecule is COc1ccc(CN2CCCN(C(=O)/C=C/c3cc(Cl)c(OC(C)C)c(OC)c3)CC2)cc1. The molecule has 0 saturated carbocycles. The summed E-state index contributed by atoms with van der Waals surface area (Å²) >= 11 is 6.40. The van der Waals surface area contributed by atoms with Crippen LogP contribution in [-0.4, -0.2) is 62.2 Å². The molecule has 0 bridgehead atoms. The molecular weight excluding hydrogens is 440 g/mol. The standard InChI is InChI=1S/C26H33ClN2O4/c1-19(2)33-26-23(27)16-21(17-24(26)32-4)8-11-25(30)29-13-5-12-28(14-15-29)18-20-6-9-22(31-3)10-7-20/h6-11,16-17,19H,5,12-15,18H2,1-4H3/b11-8+. The Bertz CT molecular complexity index is 960. The van der Waals surface area contributed by atoms with Gasteiger partial charge in [-0.25, -0.2) is 0 Å². The minimum atomic E-state index is -0.0216. The third-order valence-electron chi connectivity index (χ3n) is 5.49. The van der Waals surface area contributed by atoms with Crippen molar-refractivity contribution < 1.29 is 19.0 Å². The van der Waals surface area contributed by atoms with Crippen molar-refractivity contribution in [2.45, 2.75) is 32.9 Å². The van der Waals surface area contributed by atoms with E-state index in [0.717, 1.165) is 43.9 Å². The van der Waals surface area contributed by atoms with Crippen molar-refractivity contribution in [1.29, 1.82) is 0 Å². The summed E-state index contributed by atoms with van der Waals surface area (Å²) in [5.74, 6) is 1.92. The van der Waals surface area contributed by atoms with Crippen LogP contribution in [0.3, 0.4) is 0 Å². The van der Waals surface area contributed by atoms with Crippen molar-refractivity contribution in [3.8, 4) is 17.2 Å². The van der Waals surface area contributed by atoms with Crippen molar-refractivity contribution in [1.82, 2.24) is 9.80 Å². The van der Waals surface area contributed by atoms with Gasteiger partial charge in [-0.3, -0.25) is 9.69 Å². The first-order valence-corrected chi connectivity index (χ1v) is 11.6. The van der Waals surface area contributed by atoms with Crippen molar-refractivity contribution in [3.63, 3.8) is 0 Å². The molecule has 0 atom stereocenters. The number of ether oxygens (including phenoxy) is 3. The largest absolute Gasteiger partial charge is 0.497 e. The van der Waals surface area contributed by atoms with Crippen LogP contribution in [0.5, 0.6) is 17.2 Å². The van der Waals surface area contributed by atoms with Gasteiger partial charge in [0.25, 0.3) is 0 Å². The Labute approximate surface area is 201 Å². The number of amides is 1. The monoisotopic (exact) mass is 472 g/mol. The van der Waals surface area contributed by atoms with Crippen molar-refractivity contribution >= 4 is 23.6 Å². The van der Waals surface area contributed by atoms with Crippen LogP contribution in [0.4, 0.5) is 0 Å². The van der Waals surface area contributed by atoms with Crippen LogP contribution in [0.15, 0.2) is 42.5 Å². The van der Waals surface area contributed by atoms with Crippen LogP contribution in [0.1, 0.15) is 31.4 Å². The fraction of sp³-hybridized carbons (Fsp3) is 0.423. The number of hydrogen-bond donors (Lipinski definition) is 0. The van der Waals surface area contributed by atoms with E-state index in [2.05, 4.69) is 17.0 Å². The van der Waals surface area contributed by atoms with Gasteiger partial charge in [-0.1, -0.05) is 23.7 Å². The molecule has 1 saturated heterocycles. The predicted molar refractivity (Wildman–Crippen MR) is 132 cm³/mol. The van der Waals surface area contributed by atoms with E-state index in [0.29, 0.717) is 23.1 Å². The number of hydrogen-bond acceptors (Lipinski definition) is 5. The summed E-state index contributed by atoms with van der Waals surface area (Å²) in [4.78, 5) is 17.1. The molecule has 6 nitrogen and oxygen atoms in total. The highest BCUT2D eigenvalue weighted by molar-refractivity contribution is 6.32. The highest BCUT2D eigenvalue weighted by atomic mass is 35.5. The number of methoxy groups -OCH3 is 2. The minimum Gasteiger partial charge on any atom is -0.497 e. The first-order chi connectivity index (χ1) is 15.9. The molecule has 1 amide bonds. The lowest BCUT2D eigenvalue weighted by Crippen LogP contribution is -2.34. The maximum absolute atomic E-state index is 12.8. The van der Waals surface area contributed by atoms with Gasteiger partial charge in [0.05, 0.1) is 25.3 Å². The van der Waals surface area contributed by atoms with Gasteiger partial charge in [-0.05, 0) is 61.7 Å². The second-order valence-electron chi connectivity index (χ2n) is 8.34. The van der Waals surface area contributed by atoms with Gasteiger partial charge in [-0.2, -0.15) is 0 Å². The summed E-state index contributed by atoms with van der Waals surface area (Å²) in [6.07, 6.45) is 4.30. The summed E-state index contributed by atoms with van der Waals surface area (Å²) < 4.78 is 16.4. The summed E-state index contributed by atoms with van der Waals surface area (Å²) in [5.41, 5.74) is 2.03. The lowest BCUT2D eigenvalue weighted by Gasteiger charge is -2.21. The molecule has 2 aromatic carbocycles. The van der Waals surface area contributed by atoms with E-state index in [4.69, 9.17) is 25.8 Å². The van der Waals surface area contributed by atoms with Gasteiger partial charge in [-0.15, -0.1) is 0 Å². The van der Waals surface area contributed by atoms with Gasteiger partial charge in [0.1, 0.15) is 5.75 Å². The number of carbonyl (C=O) groups is 1. The smallest absolute Gasteiger partial charge is 0.246 e. The highest BCUT2D eigenvalue weighted by Crippen LogP contribution is 2.37. The number of halogens is 1. The average molecular weight is 473 g/mol. The molecule has 0 aliphatic carbocycles. The maximum Gasteiger partial charge on any atom is 0.246 e. The van der Waals surface area contributed by atoms with E-state index in [-0.39, 0.29) is 12.0 Å². The van der Waals surface area contributed by atoms with Crippen molar-refractivity contribution in [2.24, 2.45) is 0 Å². The number of benzene rings is 2. The molecular formula is C26H33ClN2O4. The first kappa shape index (κ1) is 24.9. The zero-order valence-corrected chi connectivity index (χ0v) is 20.6. The van der Waals surface area contributed by atoms with Crippen LogP contribution < -0.4 is 14.2 Å².